The number of nitrogens with one attached hydrogen (secondary N) is 2. The van der Waals surface area contributed by atoms with Gasteiger partial charge in [0.15, 0.2) is 5.69 Å². The van der Waals surface area contributed by atoms with Gasteiger partial charge in [0.05, 0.1) is 6.61 Å². The third-order valence-electron chi connectivity index (χ3n) is 3.03. The van der Waals surface area contributed by atoms with Crippen LogP contribution in [-0.4, -0.2) is 27.7 Å². The molecule has 24 heavy (non-hydrogen) atoms. The molecule has 0 aliphatic rings. The molecule has 1 heterocycles. The summed E-state index contributed by atoms with van der Waals surface area (Å²) < 4.78 is 39.8. The molecule has 2 rings (SSSR count). The predicted molar refractivity (Wildman–Crippen MR) is 88.7 cm³/mol. The molecule has 9 heteroatoms. The summed E-state index contributed by atoms with van der Waals surface area (Å²) in [5.41, 5.74) is -0.170. The van der Waals surface area contributed by atoms with Gasteiger partial charge in [0, 0.05) is 23.1 Å². The van der Waals surface area contributed by atoms with E-state index in [2.05, 4.69) is 36.5 Å². The molecular formula is C15H16BrF3N4O. The number of halogens is 4. The van der Waals surface area contributed by atoms with Crippen LogP contribution >= 0.6 is 15.9 Å². The lowest BCUT2D eigenvalue weighted by Crippen LogP contribution is -2.22. The number of benzene rings is 1. The highest BCUT2D eigenvalue weighted by Crippen LogP contribution is 2.30. The molecule has 0 amide bonds. The summed E-state index contributed by atoms with van der Waals surface area (Å²) in [6.45, 7) is 1.67. The Balaban J connectivity index is 2.22. The van der Waals surface area contributed by atoms with Crippen molar-refractivity contribution in [3.05, 3.63) is 46.1 Å². The summed E-state index contributed by atoms with van der Waals surface area (Å²) in [4.78, 5) is 7.47. The number of alkyl halides is 3. The number of aromatic nitrogens is 2. The summed E-state index contributed by atoms with van der Waals surface area (Å²) in [6.07, 6.45) is -4.59. The van der Waals surface area contributed by atoms with E-state index in [-0.39, 0.29) is 18.4 Å². The Kier molecular flexibility index (Phi) is 6.00. The van der Waals surface area contributed by atoms with Crippen molar-refractivity contribution < 1.29 is 18.3 Å². The van der Waals surface area contributed by atoms with Crippen molar-refractivity contribution in [3.8, 4) is 0 Å². The Hall–Kier alpha value is -1.87. The van der Waals surface area contributed by atoms with Crippen LogP contribution in [0.4, 0.5) is 24.9 Å². The van der Waals surface area contributed by atoms with E-state index in [9.17, 15) is 13.2 Å². The van der Waals surface area contributed by atoms with E-state index in [4.69, 9.17) is 5.11 Å². The third-order valence-corrected chi connectivity index (χ3v) is 3.52. The minimum atomic E-state index is -4.59. The molecule has 130 valence electrons. The van der Waals surface area contributed by atoms with E-state index in [0.29, 0.717) is 6.54 Å². The average Bonchev–Trinajstić information content (AvgIpc) is 2.52. The third kappa shape index (κ3) is 5.34. The summed E-state index contributed by atoms with van der Waals surface area (Å²) in [5.74, 6) is -0.145. The number of hydrogen-bond donors (Lipinski definition) is 3. The minimum absolute atomic E-state index is 0.0462. The zero-order valence-corrected chi connectivity index (χ0v) is 14.3. The molecule has 0 saturated carbocycles. The molecule has 1 aromatic heterocycles. The van der Waals surface area contributed by atoms with E-state index >= 15 is 0 Å². The lowest BCUT2D eigenvalue weighted by Gasteiger charge is -2.15. The summed E-state index contributed by atoms with van der Waals surface area (Å²) in [6, 6.07) is 7.77. The van der Waals surface area contributed by atoms with E-state index in [1.807, 2.05) is 24.3 Å². The van der Waals surface area contributed by atoms with Crippen molar-refractivity contribution in [1.29, 1.82) is 0 Å². The van der Waals surface area contributed by atoms with Gasteiger partial charge in [-0.3, -0.25) is 0 Å². The number of hydrogen-bond acceptors (Lipinski definition) is 5. The largest absolute Gasteiger partial charge is 0.433 e. The second-order valence-electron chi connectivity index (χ2n) is 5.17. The maximum absolute atomic E-state index is 13.0. The summed E-state index contributed by atoms with van der Waals surface area (Å²) in [7, 11) is 0. The van der Waals surface area contributed by atoms with E-state index < -0.39 is 17.9 Å². The molecule has 0 spiro atoms. The second-order valence-corrected chi connectivity index (χ2v) is 6.09. The lowest BCUT2D eigenvalue weighted by molar-refractivity contribution is -0.141. The normalized spacial score (nSPS) is 12.8. The monoisotopic (exact) mass is 404 g/mol. The van der Waals surface area contributed by atoms with Gasteiger partial charge in [-0.2, -0.15) is 18.2 Å². The van der Waals surface area contributed by atoms with E-state index in [1.165, 1.54) is 0 Å². The quantitative estimate of drug-likeness (QED) is 0.685. The molecule has 0 fully saturated rings. The lowest BCUT2D eigenvalue weighted by atomic mass is 10.2. The molecule has 2 aromatic rings. The first kappa shape index (κ1) is 18.5. The Bertz CT molecular complexity index is 697. The fourth-order valence-corrected chi connectivity index (χ4v) is 2.30. The number of anilines is 2. The smallest absolute Gasteiger partial charge is 0.394 e. The maximum Gasteiger partial charge on any atom is 0.433 e. The van der Waals surface area contributed by atoms with E-state index in [1.54, 1.807) is 6.92 Å². The molecule has 0 saturated heterocycles. The predicted octanol–water partition coefficient (Wildman–Crippen LogP) is 3.66. The first-order valence-electron chi connectivity index (χ1n) is 7.10. The van der Waals surface area contributed by atoms with Crippen molar-refractivity contribution in [2.45, 2.75) is 25.7 Å². The highest BCUT2D eigenvalue weighted by atomic mass is 79.9. The SMILES string of the molecule is C[C@@H](CO)Nc1nc(NCc2cccc(Br)c2)cc(C(F)(F)F)n1. The maximum atomic E-state index is 13.0. The van der Waals surface area contributed by atoms with Crippen LogP contribution in [0.25, 0.3) is 0 Å². The molecule has 0 radical (unpaired) electrons. The van der Waals surface area contributed by atoms with Crippen LogP contribution in [0.5, 0.6) is 0 Å². The van der Waals surface area contributed by atoms with Gasteiger partial charge in [-0.25, -0.2) is 4.98 Å². The van der Waals surface area contributed by atoms with Gasteiger partial charge in [-0.1, -0.05) is 28.1 Å². The number of nitrogens with zero attached hydrogens (tertiary/aromatic N) is 2. The van der Waals surface area contributed by atoms with Crippen molar-refractivity contribution >= 4 is 27.7 Å². The fourth-order valence-electron chi connectivity index (χ4n) is 1.85. The van der Waals surface area contributed by atoms with E-state index in [0.717, 1.165) is 16.1 Å². The molecule has 1 aromatic carbocycles. The molecule has 3 N–H and O–H groups in total. The Morgan fingerprint density at radius 1 is 1.25 bits per heavy atom. The molecule has 0 aliphatic carbocycles. The summed E-state index contributed by atoms with van der Waals surface area (Å²) >= 11 is 3.34. The zero-order chi connectivity index (χ0) is 17.7. The van der Waals surface area contributed by atoms with Crippen molar-refractivity contribution in [1.82, 2.24) is 9.97 Å². The van der Waals surface area contributed by atoms with Crippen molar-refractivity contribution in [2.75, 3.05) is 17.2 Å². The van der Waals surface area contributed by atoms with Gasteiger partial charge < -0.3 is 15.7 Å². The van der Waals surface area contributed by atoms with Crippen LogP contribution in [0.3, 0.4) is 0 Å². The molecule has 0 bridgehead atoms. The number of aliphatic hydroxyl groups is 1. The van der Waals surface area contributed by atoms with Gasteiger partial charge in [0.1, 0.15) is 5.82 Å². The molecular weight excluding hydrogens is 389 g/mol. The Morgan fingerprint density at radius 2 is 2.00 bits per heavy atom. The first-order valence-corrected chi connectivity index (χ1v) is 7.89. The first-order chi connectivity index (χ1) is 11.3. The van der Waals surface area contributed by atoms with Gasteiger partial charge >= 0.3 is 6.18 Å². The van der Waals surface area contributed by atoms with Crippen LogP contribution in [0.1, 0.15) is 18.2 Å². The highest BCUT2D eigenvalue weighted by Gasteiger charge is 2.33. The minimum Gasteiger partial charge on any atom is -0.394 e. The highest BCUT2D eigenvalue weighted by molar-refractivity contribution is 9.10. The van der Waals surface area contributed by atoms with Crippen LogP contribution in [-0.2, 0) is 12.7 Å². The molecule has 0 unspecified atom stereocenters. The second kappa shape index (κ2) is 7.80. The Morgan fingerprint density at radius 3 is 2.62 bits per heavy atom. The van der Waals surface area contributed by atoms with Crippen LogP contribution in [0, 0.1) is 0 Å². The van der Waals surface area contributed by atoms with Crippen molar-refractivity contribution in [3.63, 3.8) is 0 Å². The van der Waals surface area contributed by atoms with Crippen LogP contribution in [0.15, 0.2) is 34.8 Å². The molecule has 1 atom stereocenters. The van der Waals surface area contributed by atoms with Gasteiger partial charge in [-0.15, -0.1) is 0 Å². The summed E-state index contributed by atoms with van der Waals surface area (Å²) in [5, 5.41) is 14.5. The van der Waals surface area contributed by atoms with Gasteiger partial charge in [-0.05, 0) is 24.6 Å². The number of aliphatic hydroxyl groups excluding tert-OH is 1. The fraction of sp³-hybridized carbons (Fsp3) is 0.333. The average molecular weight is 405 g/mol. The zero-order valence-electron chi connectivity index (χ0n) is 12.7. The Labute approximate surface area is 145 Å². The molecule has 5 nitrogen and oxygen atoms in total. The number of rotatable bonds is 6. The van der Waals surface area contributed by atoms with Gasteiger partial charge in [0.25, 0.3) is 0 Å². The van der Waals surface area contributed by atoms with Crippen LogP contribution < -0.4 is 10.6 Å². The van der Waals surface area contributed by atoms with Crippen molar-refractivity contribution in [2.24, 2.45) is 0 Å². The standard InChI is InChI=1S/C15H16BrF3N4O/c1-9(8-24)21-14-22-12(15(17,18)19)6-13(23-14)20-7-10-3-2-4-11(16)5-10/h2-6,9,24H,7-8H2,1H3,(H2,20,21,22,23)/t9-/m0/s1. The molecule has 0 aliphatic heterocycles. The van der Waals surface area contributed by atoms with Crippen LogP contribution in [0.2, 0.25) is 0 Å². The topological polar surface area (TPSA) is 70.1 Å². The van der Waals surface area contributed by atoms with Gasteiger partial charge in [0.2, 0.25) is 5.95 Å².